The molecule has 29 heavy (non-hydrogen) atoms. The zero-order valence-corrected chi connectivity index (χ0v) is 17.6. The van der Waals surface area contributed by atoms with Crippen LogP contribution in [0, 0.1) is 0 Å². The molecular weight excluding hydrogens is 394 g/mol. The molecule has 2 aromatic heterocycles. The van der Waals surface area contributed by atoms with Crippen molar-refractivity contribution in [3.63, 3.8) is 0 Å². The van der Waals surface area contributed by atoms with Crippen LogP contribution in [-0.2, 0) is 25.4 Å². The van der Waals surface area contributed by atoms with E-state index in [0.29, 0.717) is 34.3 Å². The molecular formula is C19H23N5O4S. The quantitative estimate of drug-likeness (QED) is 0.586. The fourth-order valence-electron chi connectivity index (χ4n) is 3.00. The van der Waals surface area contributed by atoms with Gasteiger partial charge in [-0.05, 0) is 18.6 Å². The third-order valence-electron chi connectivity index (χ3n) is 4.45. The van der Waals surface area contributed by atoms with Crippen LogP contribution in [0.4, 0.5) is 5.69 Å². The second-order valence-corrected chi connectivity index (χ2v) is 7.44. The number of hydrogen-bond donors (Lipinski definition) is 1. The molecule has 2 heterocycles. The number of nitrogens with one attached hydrogen (secondary N) is 1. The minimum atomic E-state index is -0.434. The van der Waals surface area contributed by atoms with Crippen LogP contribution in [0.2, 0.25) is 0 Å². The van der Waals surface area contributed by atoms with Gasteiger partial charge in [0.1, 0.15) is 5.75 Å². The molecule has 1 N–H and O–H groups in total. The number of aromatic nitrogens is 4. The van der Waals surface area contributed by atoms with Gasteiger partial charge in [-0.3, -0.25) is 18.7 Å². The Kier molecular flexibility index (Phi) is 6.12. The van der Waals surface area contributed by atoms with Crippen LogP contribution in [-0.4, -0.2) is 37.5 Å². The average Bonchev–Trinajstić information content (AvgIpc) is 3.08. The van der Waals surface area contributed by atoms with Crippen molar-refractivity contribution in [1.29, 1.82) is 0 Å². The zero-order chi connectivity index (χ0) is 21.1. The molecule has 0 bridgehead atoms. The van der Waals surface area contributed by atoms with E-state index < -0.39 is 11.2 Å². The summed E-state index contributed by atoms with van der Waals surface area (Å²) in [6.07, 6.45) is 0.779. The molecule has 10 heteroatoms. The first kappa shape index (κ1) is 20.7. The highest BCUT2D eigenvalue weighted by atomic mass is 32.2. The third-order valence-corrected chi connectivity index (χ3v) is 5.42. The summed E-state index contributed by atoms with van der Waals surface area (Å²) in [5.74, 6) is 0.551. The maximum atomic E-state index is 12.6. The molecule has 3 rings (SSSR count). The number of carbonyl (C=O) groups excluding carboxylic acids is 1. The standard InChI is InChI=1S/C19H23N5O4S/c1-5-9-24-15-16(22(2)19(27)23(3)17(15)26)21-18(24)29-11-14(25)20-12-7-6-8-13(10-12)28-4/h6-8,10H,5,9,11H2,1-4H3,(H,20,25). The summed E-state index contributed by atoms with van der Waals surface area (Å²) in [6, 6.07) is 7.09. The molecule has 0 fully saturated rings. The predicted molar refractivity (Wildman–Crippen MR) is 113 cm³/mol. The number of fused-ring (bicyclic) bond motifs is 1. The van der Waals surface area contributed by atoms with Gasteiger partial charge in [-0.2, -0.15) is 0 Å². The summed E-state index contributed by atoms with van der Waals surface area (Å²) in [5.41, 5.74) is 0.496. The number of imidazole rings is 1. The molecule has 1 aromatic carbocycles. The molecule has 0 atom stereocenters. The lowest BCUT2D eigenvalue weighted by atomic mass is 10.3. The SMILES string of the molecule is CCCn1c(SCC(=O)Nc2cccc(OC)c2)nc2c1c(=O)n(C)c(=O)n2C. The molecule has 0 saturated carbocycles. The number of nitrogens with zero attached hydrogens (tertiary/aromatic N) is 4. The molecule has 0 spiro atoms. The Morgan fingerprint density at radius 1 is 1.24 bits per heavy atom. The molecule has 3 aromatic rings. The highest BCUT2D eigenvalue weighted by molar-refractivity contribution is 7.99. The van der Waals surface area contributed by atoms with Crippen molar-refractivity contribution in [1.82, 2.24) is 18.7 Å². The van der Waals surface area contributed by atoms with Gasteiger partial charge in [0.2, 0.25) is 5.91 Å². The smallest absolute Gasteiger partial charge is 0.332 e. The Labute approximate surface area is 171 Å². The van der Waals surface area contributed by atoms with Crippen LogP contribution in [0.5, 0.6) is 5.75 Å². The predicted octanol–water partition coefficient (Wildman–Crippen LogP) is 1.58. The topological polar surface area (TPSA) is 100 Å². The second kappa shape index (κ2) is 8.56. The number of hydrogen-bond acceptors (Lipinski definition) is 6. The van der Waals surface area contributed by atoms with E-state index in [-0.39, 0.29) is 11.7 Å². The Bertz CT molecular complexity index is 1180. The number of aryl methyl sites for hydroxylation is 2. The first-order valence-electron chi connectivity index (χ1n) is 9.10. The van der Waals surface area contributed by atoms with Crippen LogP contribution >= 0.6 is 11.8 Å². The Morgan fingerprint density at radius 2 is 2.00 bits per heavy atom. The van der Waals surface area contributed by atoms with E-state index in [9.17, 15) is 14.4 Å². The van der Waals surface area contributed by atoms with Gasteiger partial charge in [0.25, 0.3) is 5.56 Å². The van der Waals surface area contributed by atoms with Gasteiger partial charge < -0.3 is 14.6 Å². The van der Waals surface area contributed by atoms with Crippen molar-refractivity contribution in [3.05, 3.63) is 45.1 Å². The van der Waals surface area contributed by atoms with E-state index in [0.717, 1.165) is 11.0 Å². The molecule has 0 aliphatic rings. The van der Waals surface area contributed by atoms with E-state index in [2.05, 4.69) is 10.3 Å². The average molecular weight is 417 g/mol. The lowest BCUT2D eigenvalue weighted by Crippen LogP contribution is -2.37. The van der Waals surface area contributed by atoms with Gasteiger partial charge in [0.05, 0.1) is 12.9 Å². The molecule has 0 radical (unpaired) electrons. The van der Waals surface area contributed by atoms with Gasteiger partial charge >= 0.3 is 5.69 Å². The summed E-state index contributed by atoms with van der Waals surface area (Å²) in [7, 11) is 4.59. The third kappa shape index (κ3) is 4.07. The molecule has 0 aliphatic carbocycles. The normalized spacial score (nSPS) is 11.0. The van der Waals surface area contributed by atoms with Gasteiger partial charge in [0.15, 0.2) is 16.3 Å². The summed E-state index contributed by atoms with van der Waals surface area (Å²) in [5, 5.41) is 3.34. The minimum absolute atomic E-state index is 0.110. The monoisotopic (exact) mass is 417 g/mol. The zero-order valence-electron chi connectivity index (χ0n) is 16.8. The van der Waals surface area contributed by atoms with E-state index >= 15 is 0 Å². The van der Waals surface area contributed by atoms with Gasteiger partial charge in [-0.1, -0.05) is 24.8 Å². The first-order chi connectivity index (χ1) is 13.9. The maximum Gasteiger partial charge on any atom is 0.332 e. The Hall–Kier alpha value is -3.01. The number of ether oxygens (including phenoxy) is 1. The molecule has 9 nitrogen and oxygen atoms in total. The number of benzene rings is 1. The van der Waals surface area contributed by atoms with Crippen LogP contribution in [0.1, 0.15) is 13.3 Å². The van der Waals surface area contributed by atoms with Crippen molar-refractivity contribution in [2.24, 2.45) is 14.1 Å². The van der Waals surface area contributed by atoms with Crippen molar-refractivity contribution in [2.45, 2.75) is 25.0 Å². The Balaban J connectivity index is 1.87. The van der Waals surface area contributed by atoms with E-state index in [1.54, 1.807) is 43.0 Å². The molecule has 0 unspecified atom stereocenters. The first-order valence-corrected chi connectivity index (χ1v) is 10.1. The second-order valence-electron chi connectivity index (χ2n) is 6.49. The van der Waals surface area contributed by atoms with Gasteiger partial charge in [-0.15, -0.1) is 0 Å². The number of carbonyl (C=O) groups is 1. The molecule has 0 aliphatic heterocycles. The number of anilines is 1. The van der Waals surface area contributed by atoms with Crippen molar-refractivity contribution in [3.8, 4) is 5.75 Å². The van der Waals surface area contributed by atoms with Gasteiger partial charge in [0, 0.05) is 32.4 Å². The number of amides is 1. The fourth-order valence-corrected chi connectivity index (χ4v) is 3.82. The number of rotatable bonds is 7. The number of methoxy groups -OCH3 is 1. The van der Waals surface area contributed by atoms with Crippen LogP contribution in [0.25, 0.3) is 11.2 Å². The van der Waals surface area contributed by atoms with E-state index in [4.69, 9.17) is 4.74 Å². The lowest BCUT2D eigenvalue weighted by Gasteiger charge is -2.09. The van der Waals surface area contributed by atoms with Gasteiger partial charge in [-0.25, -0.2) is 9.78 Å². The minimum Gasteiger partial charge on any atom is -0.497 e. The maximum absolute atomic E-state index is 12.6. The van der Waals surface area contributed by atoms with E-state index in [1.807, 2.05) is 6.92 Å². The van der Waals surface area contributed by atoms with Crippen LogP contribution in [0.15, 0.2) is 39.0 Å². The highest BCUT2D eigenvalue weighted by Gasteiger charge is 2.19. The molecule has 154 valence electrons. The highest BCUT2D eigenvalue weighted by Crippen LogP contribution is 2.23. The summed E-state index contributed by atoms with van der Waals surface area (Å²) >= 11 is 1.22. The van der Waals surface area contributed by atoms with Crippen LogP contribution in [0.3, 0.4) is 0 Å². The van der Waals surface area contributed by atoms with Crippen LogP contribution < -0.4 is 21.3 Å². The van der Waals surface area contributed by atoms with E-state index in [1.165, 1.54) is 23.4 Å². The largest absolute Gasteiger partial charge is 0.497 e. The van der Waals surface area contributed by atoms with Crippen molar-refractivity contribution in [2.75, 3.05) is 18.2 Å². The van der Waals surface area contributed by atoms with Crippen molar-refractivity contribution < 1.29 is 9.53 Å². The summed E-state index contributed by atoms with van der Waals surface area (Å²) < 4.78 is 9.35. The lowest BCUT2D eigenvalue weighted by molar-refractivity contribution is -0.113. The Morgan fingerprint density at radius 3 is 2.69 bits per heavy atom. The number of thioether (sulfide) groups is 1. The fraction of sp³-hybridized carbons (Fsp3) is 0.368. The summed E-state index contributed by atoms with van der Waals surface area (Å²) in [6.45, 7) is 2.55. The summed E-state index contributed by atoms with van der Waals surface area (Å²) in [4.78, 5) is 41.7. The molecule has 1 amide bonds. The van der Waals surface area contributed by atoms with Crippen molar-refractivity contribution >= 4 is 34.5 Å². The molecule has 0 saturated heterocycles.